The van der Waals surface area contributed by atoms with E-state index < -0.39 is 0 Å². The standard InChI is InChI=1S/C15H25NO2/c1-12(15(17)18-2)9-11-16-10-5-8-14(16)13-6-3-4-7-13/h9,13-14H,3-8,10-11H2,1-2H3. The van der Waals surface area contributed by atoms with Crippen LogP contribution in [0, 0.1) is 5.92 Å². The summed E-state index contributed by atoms with van der Waals surface area (Å²) in [6, 6.07) is 0.759. The van der Waals surface area contributed by atoms with Gasteiger partial charge < -0.3 is 4.74 Å². The summed E-state index contributed by atoms with van der Waals surface area (Å²) in [7, 11) is 1.44. The van der Waals surface area contributed by atoms with Crippen LogP contribution >= 0.6 is 0 Å². The summed E-state index contributed by atoms with van der Waals surface area (Å²) in [5, 5.41) is 0. The number of methoxy groups -OCH3 is 1. The molecule has 3 nitrogen and oxygen atoms in total. The number of rotatable bonds is 4. The minimum Gasteiger partial charge on any atom is -0.466 e. The van der Waals surface area contributed by atoms with Gasteiger partial charge >= 0.3 is 5.97 Å². The lowest BCUT2D eigenvalue weighted by atomic mass is 9.96. The molecule has 0 aromatic carbocycles. The van der Waals surface area contributed by atoms with Gasteiger partial charge in [-0.3, -0.25) is 4.90 Å². The number of likely N-dealkylation sites (tertiary alicyclic amines) is 1. The van der Waals surface area contributed by atoms with E-state index in [0.717, 1.165) is 24.1 Å². The SMILES string of the molecule is COC(=O)C(C)=CCN1CCCC1C1CCCC1. The number of ether oxygens (including phenoxy) is 1. The molecule has 0 spiro atoms. The number of carbonyl (C=O) groups excluding carboxylic acids is 1. The van der Waals surface area contributed by atoms with Crippen molar-refractivity contribution in [1.82, 2.24) is 4.90 Å². The molecular formula is C15H25NO2. The van der Waals surface area contributed by atoms with Crippen LogP contribution < -0.4 is 0 Å². The Morgan fingerprint density at radius 1 is 1.28 bits per heavy atom. The first-order valence-electron chi connectivity index (χ1n) is 7.21. The molecule has 0 bridgehead atoms. The van der Waals surface area contributed by atoms with Crippen molar-refractivity contribution < 1.29 is 9.53 Å². The van der Waals surface area contributed by atoms with Crippen molar-refractivity contribution in [1.29, 1.82) is 0 Å². The Hall–Kier alpha value is -0.830. The van der Waals surface area contributed by atoms with E-state index in [1.54, 1.807) is 0 Å². The van der Waals surface area contributed by atoms with Gasteiger partial charge in [0, 0.05) is 18.2 Å². The fraction of sp³-hybridized carbons (Fsp3) is 0.800. The number of hydrogen-bond acceptors (Lipinski definition) is 3. The van der Waals surface area contributed by atoms with Gasteiger partial charge in [-0.2, -0.15) is 0 Å². The van der Waals surface area contributed by atoms with E-state index in [4.69, 9.17) is 4.74 Å². The topological polar surface area (TPSA) is 29.5 Å². The fourth-order valence-corrected chi connectivity index (χ4v) is 3.45. The summed E-state index contributed by atoms with van der Waals surface area (Å²) in [6.45, 7) is 3.93. The van der Waals surface area contributed by atoms with E-state index in [2.05, 4.69) is 4.90 Å². The molecule has 18 heavy (non-hydrogen) atoms. The summed E-state index contributed by atoms with van der Waals surface area (Å²) < 4.78 is 4.73. The minimum absolute atomic E-state index is 0.202. The second-order valence-electron chi connectivity index (χ2n) is 5.63. The molecule has 3 heteroatoms. The highest BCUT2D eigenvalue weighted by Crippen LogP contribution is 2.35. The first-order chi connectivity index (χ1) is 8.72. The van der Waals surface area contributed by atoms with Gasteiger partial charge in [-0.1, -0.05) is 18.9 Å². The van der Waals surface area contributed by atoms with Crippen molar-refractivity contribution in [3.05, 3.63) is 11.6 Å². The Kier molecular flexibility index (Phi) is 4.81. The van der Waals surface area contributed by atoms with Gasteiger partial charge in [0.25, 0.3) is 0 Å². The normalized spacial score (nSPS) is 26.8. The van der Waals surface area contributed by atoms with E-state index in [1.807, 2.05) is 13.0 Å². The molecule has 1 atom stereocenters. The maximum absolute atomic E-state index is 11.3. The van der Waals surface area contributed by atoms with Gasteiger partial charge in [-0.15, -0.1) is 0 Å². The summed E-state index contributed by atoms with van der Waals surface area (Å²) in [5.41, 5.74) is 0.731. The maximum Gasteiger partial charge on any atom is 0.333 e. The van der Waals surface area contributed by atoms with Crippen LogP contribution in [-0.4, -0.2) is 37.1 Å². The van der Waals surface area contributed by atoms with E-state index >= 15 is 0 Å². The highest BCUT2D eigenvalue weighted by atomic mass is 16.5. The van der Waals surface area contributed by atoms with Crippen LogP contribution in [0.1, 0.15) is 45.4 Å². The average Bonchev–Trinajstić information content (AvgIpc) is 3.04. The monoisotopic (exact) mass is 251 g/mol. The Morgan fingerprint density at radius 3 is 2.67 bits per heavy atom. The molecule has 2 fully saturated rings. The highest BCUT2D eigenvalue weighted by Gasteiger charge is 2.32. The van der Waals surface area contributed by atoms with Gasteiger partial charge in [-0.05, 0) is 45.1 Å². The van der Waals surface area contributed by atoms with Crippen LogP contribution in [0.4, 0.5) is 0 Å². The molecule has 2 aliphatic rings. The summed E-state index contributed by atoms with van der Waals surface area (Å²) in [4.78, 5) is 13.9. The highest BCUT2D eigenvalue weighted by molar-refractivity contribution is 5.87. The lowest BCUT2D eigenvalue weighted by Gasteiger charge is -2.28. The molecule has 102 valence electrons. The molecule has 1 heterocycles. The quantitative estimate of drug-likeness (QED) is 0.568. The van der Waals surface area contributed by atoms with Crippen molar-refractivity contribution in [2.75, 3.05) is 20.2 Å². The third kappa shape index (κ3) is 3.14. The number of nitrogens with zero attached hydrogens (tertiary/aromatic N) is 1. The zero-order chi connectivity index (χ0) is 13.0. The maximum atomic E-state index is 11.3. The zero-order valence-electron chi connectivity index (χ0n) is 11.7. The molecule has 1 aliphatic heterocycles. The van der Waals surface area contributed by atoms with Crippen LogP contribution in [-0.2, 0) is 9.53 Å². The molecular weight excluding hydrogens is 226 g/mol. The van der Waals surface area contributed by atoms with Gasteiger partial charge in [0.15, 0.2) is 0 Å². The number of esters is 1. The Morgan fingerprint density at radius 2 is 2.00 bits per heavy atom. The number of carbonyl (C=O) groups is 1. The molecule has 1 aliphatic carbocycles. The summed E-state index contributed by atoms with van der Waals surface area (Å²) in [6.07, 6.45) is 10.3. The van der Waals surface area contributed by atoms with Crippen molar-refractivity contribution in [2.24, 2.45) is 5.92 Å². The Bertz CT molecular complexity index is 318. The van der Waals surface area contributed by atoms with Crippen molar-refractivity contribution >= 4 is 5.97 Å². The molecule has 0 amide bonds. The molecule has 0 aromatic heterocycles. The van der Waals surface area contributed by atoms with Crippen molar-refractivity contribution in [3.8, 4) is 0 Å². The third-order valence-corrected chi connectivity index (χ3v) is 4.50. The third-order valence-electron chi connectivity index (χ3n) is 4.50. The Labute approximate surface area is 110 Å². The van der Waals surface area contributed by atoms with E-state index in [9.17, 15) is 4.79 Å². The van der Waals surface area contributed by atoms with Gasteiger partial charge in [0.1, 0.15) is 0 Å². The molecule has 0 N–H and O–H groups in total. The largest absolute Gasteiger partial charge is 0.466 e. The molecule has 1 saturated carbocycles. The lowest BCUT2D eigenvalue weighted by molar-refractivity contribution is -0.136. The molecule has 1 unspecified atom stereocenters. The summed E-state index contributed by atoms with van der Waals surface area (Å²) in [5.74, 6) is 0.700. The lowest BCUT2D eigenvalue weighted by Crippen LogP contribution is -2.34. The first-order valence-corrected chi connectivity index (χ1v) is 7.21. The number of hydrogen-bond donors (Lipinski definition) is 0. The Balaban J connectivity index is 1.89. The van der Waals surface area contributed by atoms with Gasteiger partial charge in [0.2, 0.25) is 0 Å². The van der Waals surface area contributed by atoms with Gasteiger partial charge in [0.05, 0.1) is 7.11 Å². The van der Waals surface area contributed by atoms with Gasteiger partial charge in [-0.25, -0.2) is 4.79 Å². The predicted octanol–water partition coefficient (Wildman–Crippen LogP) is 2.76. The van der Waals surface area contributed by atoms with Crippen LogP contribution in [0.2, 0.25) is 0 Å². The zero-order valence-corrected chi connectivity index (χ0v) is 11.7. The first kappa shape index (κ1) is 13.6. The second kappa shape index (κ2) is 6.37. The van der Waals surface area contributed by atoms with Crippen molar-refractivity contribution in [3.63, 3.8) is 0 Å². The van der Waals surface area contributed by atoms with Crippen LogP contribution in [0.15, 0.2) is 11.6 Å². The average molecular weight is 251 g/mol. The van der Waals surface area contributed by atoms with Crippen LogP contribution in [0.3, 0.4) is 0 Å². The minimum atomic E-state index is -0.202. The molecule has 2 rings (SSSR count). The van der Waals surface area contributed by atoms with Crippen LogP contribution in [0.5, 0.6) is 0 Å². The van der Waals surface area contributed by atoms with Crippen LogP contribution in [0.25, 0.3) is 0 Å². The smallest absolute Gasteiger partial charge is 0.333 e. The van der Waals surface area contributed by atoms with Crippen molar-refractivity contribution in [2.45, 2.75) is 51.5 Å². The molecule has 1 saturated heterocycles. The molecule has 0 radical (unpaired) electrons. The second-order valence-corrected chi connectivity index (χ2v) is 5.63. The van der Waals surface area contributed by atoms with E-state index in [-0.39, 0.29) is 5.97 Å². The fourth-order valence-electron chi connectivity index (χ4n) is 3.45. The summed E-state index contributed by atoms with van der Waals surface area (Å²) >= 11 is 0. The van der Waals surface area contributed by atoms with E-state index in [0.29, 0.717) is 0 Å². The predicted molar refractivity (Wildman–Crippen MR) is 72.3 cm³/mol. The van der Waals surface area contributed by atoms with E-state index in [1.165, 1.54) is 52.2 Å². The molecule has 0 aromatic rings.